The number of ether oxygens (including phenoxy) is 2. The highest BCUT2D eigenvalue weighted by Gasteiger charge is 2.34. The van der Waals surface area contributed by atoms with Gasteiger partial charge in [-0.25, -0.2) is 0 Å². The van der Waals surface area contributed by atoms with Crippen LogP contribution in [0.15, 0.2) is 35.1 Å². The molecule has 9 heteroatoms. The quantitative estimate of drug-likeness (QED) is 0.395. The number of fused-ring (bicyclic) bond motifs is 2. The highest BCUT2D eigenvalue weighted by atomic mass is 16.5. The number of aliphatic hydroxyl groups is 1. The van der Waals surface area contributed by atoms with Crippen LogP contribution in [0.5, 0.6) is 34.5 Å². The minimum Gasteiger partial charge on any atom is -0.508 e. The third kappa shape index (κ3) is 3.34. The van der Waals surface area contributed by atoms with Gasteiger partial charge in [0.15, 0.2) is 11.9 Å². The van der Waals surface area contributed by atoms with Crippen molar-refractivity contribution >= 4 is 17.2 Å². The predicted molar refractivity (Wildman–Crippen MR) is 108 cm³/mol. The maximum atomic E-state index is 12.3. The van der Waals surface area contributed by atoms with Crippen LogP contribution in [0.4, 0.5) is 0 Å². The van der Waals surface area contributed by atoms with Gasteiger partial charge in [-0.2, -0.15) is 0 Å². The Kier molecular flexibility index (Phi) is 4.82. The van der Waals surface area contributed by atoms with Crippen LogP contribution in [0.25, 0.3) is 10.8 Å². The molecular formula is C22H18O9. The number of carbonyl (C=O) groups is 1. The molecule has 0 fully saturated rings. The first-order valence-electron chi connectivity index (χ1n) is 9.24. The van der Waals surface area contributed by atoms with Crippen molar-refractivity contribution in [3.05, 3.63) is 57.2 Å². The summed E-state index contributed by atoms with van der Waals surface area (Å²) in [6, 6.07) is 6.09. The molecule has 0 amide bonds. The second kappa shape index (κ2) is 7.37. The normalized spacial score (nSPS) is 17.6. The Morgan fingerprint density at radius 2 is 1.81 bits per heavy atom. The number of hydrogen-bond acceptors (Lipinski definition) is 9. The Morgan fingerprint density at radius 3 is 2.52 bits per heavy atom. The lowest BCUT2D eigenvalue weighted by atomic mass is 9.90. The van der Waals surface area contributed by atoms with Crippen LogP contribution >= 0.6 is 0 Å². The number of hydrogen-bond donors (Lipinski definition) is 5. The van der Waals surface area contributed by atoms with Gasteiger partial charge < -0.3 is 35.0 Å². The van der Waals surface area contributed by atoms with Gasteiger partial charge in [0, 0.05) is 35.7 Å². The van der Waals surface area contributed by atoms with Crippen molar-refractivity contribution in [2.75, 3.05) is 0 Å². The minimum atomic E-state index is -1.16. The SMILES string of the molecule is Cc1cc([C@H]2Oc3cc(O)cc(O)c3C[C@H]2O)c2cc(OC=O)cc(=O)c(O)c2c1O. The van der Waals surface area contributed by atoms with Crippen molar-refractivity contribution in [1.82, 2.24) is 0 Å². The summed E-state index contributed by atoms with van der Waals surface area (Å²) < 4.78 is 10.7. The van der Waals surface area contributed by atoms with Crippen LogP contribution < -0.4 is 14.9 Å². The van der Waals surface area contributed by atoms with Crippen molar-refractivity contribution < 1.29 is 39.8 Å². The van der Waals surface area contributed by atoms with Crippen LogP contribution in [-0.4, -0.2) is 38.1 Å². The zero-order valence-corrected chi connectivity index (χ0v) is 16.2. The molecule has 1 aliphatic rings. The molecule has 2 atom stereocenters. The summed E-state index contributed by atoms with van der Waals surface area (Å²) in [6.07, 6.45) is -2.23. The Labute approximate surface area is 175 Å². The first-order chi connectivity index (χ1) is 14.7. The highest BCUT2D eigenvalue weighted by Crippen LogP contribution is 2.45. The van der Waals surface area contributed by atoms with E-state index in [1.54, 1.807) is 6.92 Å². The van der Waals surface area contributed by atoms with Crippen LogP contribution in [0.1, 0.15) is 22.8 Å². The van der Waals surface area contributed by atoms with E-state index in [1.165, 1.54) is 18.2 Å². The van der Waals surface area contributed by atoms with Crippen LogP contribution in [0.3, 0.4) is 0 Å². The maximum Gasteiger partial charge on any atom is 0.298 e. The minimum absolute atomic E-state index is 0.0109. The van der Waals surface area contributed by atoms with Crippen LogP contribution in [-0.2, 0) is 11.2 Å². The number of aromatic hydroxyl groups is 4. The highest BCUT2D eigenvalue weighted by molar-refractivity contribution is 5.97. The number of benzene rings is 2. The summed E-state index contributed by atoms with van der Waals surface area (Å²) in [4.78, 5) is 23.1. The van der Waals surface area contributed by atoms with E-state index < -0.39 is 23.4 Å². The van der Waals surface area contributed by atoms with E-state index in [4.69, 9.17) is 9.47 Å². The number of aliphatic hydroxyl groups excluding tert-OH is 1. The van der Waals surface area contributed by atoms with Gasteiger partial charge >= 0.3 is 0 Å². The van der Waals surface area contributed by atoms with E-state index in [0.29, 0.717) is 11.1 Å². The summed E-state index contributed by atoms with van der Waals surface area (Å²) in [6.45, 7) is 1.65. The van der Waals surface area contributed by atoms with E-state index in [2.05, 4.69) is 0 Å². The third-order valence-corrected chi connectivity index (χ3v) is 5.27. The molecule has 1 heterocycles. The number of phenols is 3. The second-order valence-electron chi connectivity index (χ2n) is 7.29. The smallest absolute Gasteiger partial charge is 0.298 e. The lowest BCUT2D eigenvalue weighted by Crippen LogP contribution is -2.30. The average Bonchev–Trinajstić information content (AvgIpc) is 2.82. The maximum absolute atomic E-state index is 12.3. The molecule has 0 aromatic heterocycles. The number of rotatable bonds is 3. The summed E-state index contributed by atoms with van der Waals surface area (Å²) in [5, 5.41) is 51.5. The first-order valence-corrected chi connectivity index (χ1v) is 9.24. The van der Waals surface area contributed by atoms with E-state index in [1.807, 2.05) is 0 Å². The summed E-state index contributed by atoms with van der Waals surface area (Å²) in [7, 11) is 0. The van der Waals surface area contributed by atoms with Gasteiger partial charge in [0.25, 0.3) is 6.47 Å². The van der Waals surface area contributed by atoms with Gasteiger partial charge in [0.05, 0.1) is 11.5 Å². The van der Waals surface area contributed by atoms with E-state index >= 15 is 0 Å². The van der Waals surface area contributed by atoms with Gasteiger partial charge in [-0.05, 0) is 30.0 Å². The lowest BCUT2D eigenvalue weighted by Gasteiger charge is -2.32. The molecule has 31 heavy (non-hydrogen) atoms. The Balaban J connectivity index is 2.01. The van der Waals surface area contributed by atoms with Gasteiger partial charge in [-0.15, -0.1) is 0 Å². The zero-order valence-electron chi connectivity index (χ0n) is 16.2. The summed E-state index contributed by atoms with van der Waals surface area (Å²) in [5.41, 5.74) is 0.000113. The number of aryl methyl sites for hydroxylation is 1. The summed E-state index contributed by atoms with van der Waals surface area (Å²) in [5.74, 6) is -1.64. The second-order valence-corrected chi connectivity index (χ2v) is 7.29. The van der Waals surface area contributed by atoms with Gasteiger partial charge in [-0.3, -0.25) is 9.59 Å². The molecule has 0 radical (unpaired) electrons. The number of carbonyl (C=O) groups excluding carboxylic acids is 1. The molecule has 3 aromatic rings. The van der Waals surface area contributed by atoms with Crippen molar-refractivity contribution in [1.29, 1.82) is 0 Å². The molecule has 0 bridgehead atoms. The standard InChI is InChI=1S/C22H18O9/c1-9-2-13(22-17(27)7-14-15(25)3-10(24)4-18(14)31-22)12-5-11(30-8-23)6-16(26)21(29)19(12)20(9)28/h2-6,8,17,22,24-25,27-28H,7H2,1H3,(H,26,29)/t17-,22-/m1/s1. The molecule has 5 N–H and O–H groups in total. The van der Waals surface area contributed by atoms with Crippen LogP contribution in [0, 0.1) is 6.92 Å². The average molecular weight is 426 g/mol. The summed E-state index contributed by atoms with van der Waals surface area (Å²) >= 11 is 0. The first kappa shape index (κ1) is 20.3. The fourth-order valence-corrected chi connectivity index (χ4v) is 3.84. The van der Waals surface area contributed by atoms with Crippen molar-refractivity contribution in [3.8, 4) is 34.5 Å². The zero-order chi connectivity index (χ0) is 22.4. The lowest BCUT2D eigenvalue weighted by molar-refractivity contribution is -0.120. The largest absolute Gasteiger partial charge is 0.508 e. The molecule has 3 aromatic carbocycles. The van der Waals surface area contributed by atoms with Crippen LogP contribution in [0.2, 0.25) is 0 Å². The molecular weight excluding hydrogens is 408 g/mol. The molecule has 4 rings (SSSR count). The Hall–Kier alpha value is -3.98. The Bertz CT molecular complexity index is 1280. The van der Waals surface area contributed by atoms with Gasteiger partial charge in [0.1, 0.15) is 28.7 Å². The fourth-order valence-electron chi connectivity index (χ4n) is 3.84. The van der Waals surface area contributed by atoms with Gasteiger partial charge in [0.2, 0.25) is 5.43 Å². The third-order valence-electron chi connectivity index (χ3n) is 5.27. The molecule has 0 saturated carbocycles. The fraction of sp³-hybridized carbons (Fsp3) is 0.182. The molecule has 0 saturated heterocycles. The predicted octanol–water partition coefficient (Wildman–Crippen LogP) is 1.90. The van der Waals surface area contributed by atoms with Gasteiger partial charge in [-0.1, -0.05) is 0 Å². The van der Waals surface area contributed by atoms with Crippen molar-refractivity contribution in [2.45, 2.75) is 25.6 Å². The molecule has 0 spiro atoms. The number of phenolic OH excluding ortho intramolecular Hbond substituents is 3. The van der Waals surface area contributed by atoms with E-state index in [0.717, 1.165) is 12.1 Å². The van der Waals surface area contributed by atoms with Crippen molar-refractivity contribution in [3.63, 3.8) is 0 Å². The molecule has 0 aliphatic carbocycles. The van der Waals surface area contributed by atoms with E-state index in [9.17, 15) is 35.1 Å². The topological polar surface area (TPSA) is 154 Å². The molecule has 1 aliphatic heterocycles. The van der Waals surface area contributed by atoms with E-state index in [-0.39, 0.29) is 58.0 Å². The molecule has 0 unspecified atom stereocenters. The van der Waals surface area contributed by atoms with Crippen molar-refractivity contribution in [2.24, 2.45) is 0 Å². The molecule has 9 nitrogen and oxygen atoms in total. The Morgan fingerprint density at radius 1 is 1.06 bits per heavy atom. The monoisotopic (exact) mass is 426 g/mol. The molecule has 160 valence electrons.